The van der Waals surface area contributed by atoms with Crippen LogP contribution in [0.1, 0.15) is 311 Å². The van der Waals surface area contributed by atoms with E-state index in [9.17, 15) is 43.2 Å². The van der Waals surface area contributed by atoms with Gasteiger partial charge in [0.1, 0.15) is 19.3 Å². The van der Waals surface area contributed by atoms with Crippen LogP contribution in [0.4, 0.5) is 0 Å². The minimum absolute atomic E-state index is 0.102. The van der Waals surface area contributed by atoms with Crippen LogP contribution in [0, 0.1) is 5.92 Å². The molecule has 0 bridgehead atoms. The fourth-order valence-corrected chi connectivity index (χ4v) is 10.8. The Hall–Kier alpha value is -1.94. The Morgan fingerprint density at radius 2 is 0.568 bits per heavy atom. The Morgan fingerprint density at radius 1 is 0.333 bits per heavy atom. The second-order valence-electron chi connectivity index (χ2n) is 22.9. The summed E-state index contributed by atoms with van der Waals surface area (Å²) >= 11 is 0. The summed E-state index contributed by atoms with van der Waals surface area (Å²) in [6.07, 6.45) is 39.2. The standard InChI is InChI=1S/C62H120O17P2/c1-6-9-12-15-18-20-22-23-24-25-26-28-31-37-42-47-61(66)78-57(52-73-60(65)46-41-36-30-27-21-19-16-13-10-7-2)53-76-80(68,69)74-49-56(63)50-75-81(70,71)77-54-58(51-72-59(64)45-40-35-29-17-14-11-8-3)79-62(67)48-43-38-33-32-34-39-44-55(4)5/h55-58,63H,6-54H2,1-5H3,(H,68,69)(H,70,71)/t56-,57-,58-/m1/s1. The summed E-state index contributed by atoms with van der Waals surface area (Å²) in [6, 6.07) is 0. The topological polar surface area (TPSA) is 237 Å². The number of phosphoric acid groups is 2. The molecular formula is C62H120O17P2. The van der Waals surface area contributed by atoms with Gasteiger partial charge in [-0.05, 0) is 31.6 Å². The van der Waals surface area contributed by atoms with E-state index in [2.05, 4.69) is 34.6 Å². The minimum atomic E-state index is -4.94. The third kappa shape index (κ3) is 56.9. The van der Waals surface area contributed by atoms with E-state index in [4.69, 9.17) is 37.0 Å². The van der Waals surface area contributed by atoms with E-state index in [0.717, 1.165) is 103 Å². The lowest BCUT2D eigenvalue weighted by molar-refractivity contribution is -0.161. The summed E-state index contributed by atoms with van der Waals surface area (Å²) in [7, 11) is -9.88. The highest BCUT2D eigenvalue weighted by atomic mass is 31.2. The van der Waals surface area contributed by atoms with Gasteiger partial charge in [-0.1, -0.05) is 259 Å². The van der Waals surface area contributed by atoms with Crippen LogP contribution in [0.2, 0.25) is 0 Å². The summed E-state index contributed by atoms with van der Waals surface area (Å²) in [6.45, 7) is 7.04. The van der Waals surface area contributed by atoms with Crippen LogP contribution in [0.3, 0.4) is 0 Å². The van der Waals surface area contributed by atoms with Gasteiger partial charge < -0.3 is 33.8 Å². The zero-order valence-corrected chi connectivity index (χ0v) is 53.7. The molecule has 0 saturated carbocycles. The van der Waals surface area contributed by atoms with Crippen LogP contribution in [-0.4, -0.2) is 96.7 Å². The zero-order chi connectivity index (χ0) is 59.9. The van der Waals surface area contributed by atoms with E-state index in [-0.39, 0.29) is 25.7 Å². The Morgan fingerprint density at radius 3 is 0.840 bits per heavy atom. The summed E-state index contributed by atoms with van der Waals surface area (Å²) < 4.78 is 67.8. The molecule has 5 atom stereocenters. The maximum Gasteiger partial charge on any atom is 0.472 e. The van der Waals surface area contributed by atoms with Crippen molar-refractivity contribution in [2.45, 2.75) is 329 Å². The molecule has 0 amide bonds. The molecule has 0 heterocycles. The molecule has 0 spiro atoms. The van der Waals surface area contributed by atoms with Crippen LogP contribution in [-0.2, 0) is 65.4 Å². The van der Waals surface area contributed by atoms with Crippen molar-refractivity contribution >= 4 is 39.5 Å². The Balaban J connectivity index is 5.19. The molecule has 0 aromatic heterocycles. The summed E-state index contributed by atoms with van der Waals surface area (Å²) in [5, 5.41) is 10.5. The Kier molecular flexibility index (Phi) is 54.6. The number of aliphatic hydroxyl groups excluding tert-OH is 1. The van der Waals surface area contributed by atoms with E-state index < -0.39 is 97.5 Å². The van der Waals surface area contributed by atoms with Gasteiger partial charge in [0.25, 0.3) is 0 Å². The van der Waals surface area contributed by atoms with Gasteiger partial charge >= 0.3 is 39.5 Å². The molecule has 0 aliphatic carbocycles. The number of phosphoric ester groups is 2. The molecule has 0 aliphatic rings. The van der Waals surface area contributed by atoms with Gasteiger partial charge in [0.2, 0.25) is 0 Å². The molecule has 3 N–H and O–H groups in total. The normalized spacial score (nSPS) is 14.3. The van der Waals surface area contributed by atoms with E-state index in [1.807, 2.05) is 0 Å². The Bertz CT molecular complexity index is 1580. The second kappa shape index (κ2) is 55.9. The second-order valence-corrected chi connectivity index (χ2v) is 25.8. The quantitative estimate of drug-likeness (QED) is 0.0222. The van der Waals surface area contributed by atoms with Gasteiger partial charge in [-0.15, -0.1) is 0 Å². The van der Waals surface area contributed by atoms with Crippen molar-refractivity contribution in [3.05, 3.63) is 0 Å². The molecule has 0 aromatic carbocycles. The molecule has 0 saturated heterocycles. The predicted molar refractivity (Wildman–Crippen MR) is 322 cm³/mol. The van der Waals surface area contributed by atoms with Crippen molar-refractivity contribution in [3.63, 3.8) is 0 Å². The summed E-state index contributed by atoms with van der Waals surface area (Å²) in [5.41, 5.74) is 0. The molecular weight excluding hydrogens is 1080 g/mol. The van der Waals surface area contributed by atoms with Gasteiger partial charge in [0, 0.05) is 25.7 Å². The van der Waals surface area contributed by atoms with Crippen LogP contribution < -0.4 is 0 Å². The van der Waals surface area contributed by atoms with Crippen molar-refractivity contribution in [1.29, 1.82) is 0 Å². The molecule has 480 valence electrons. The fraction of sp³-hybridized carbons (Fsp3) is 0.935. The lowest BCUT2D eigenvalue weighted by Crippen LogP contribution is -2.30. The van der Waals surface area contributed by atoms with Crippen LogP contribution in [0.25, 0.3) is 0 Å². The van der Waals surface area contributed by atoms with E-state index in [1.54, 1.807) is 0 Å². The predicted octanol–water partition coefficient (Wildman–Crippen LogP) is 17.0. The highest BCUT2D eigenvalue weighted by Gasteiger charge is 2.30. The zero-order valence-electron chi connectivity index (χ0n) is 51.9. The average molecular weight is 1200 g/mol. The molecule has 2 unspecified atom stereocenters. The highest BCUT2D eigenvalue weighted by molar-refractivity contribution is 7.47. The minimum Gasteiger partial charge on any atom is -0.462 e. The summed E-state index contributed by atoms with van der Waals surface area (Å²) in [4.78, 5) is 71.9. The molecule has 0 aliphatic heterocycles. The van der Waals surface area contributed by atoms with Crippen LogP contribution in [0.5, 0.6) is 0 Å². The monoisotopic (exact) mass is 1200 g/mol. The van der Waals surface area contributed by atoms with Gasteiger partial charge in [-0.2, -0.15) is 0 Å². The van der Waals surface area contributed by atoms with Crippen molar-refractivity contribution < 1.29 is 80.2 Å². The number of hydrogen-bond donors (Lipinski definition) is 3. The molecule has 0 radical (unpaired) electrons. The van der Waals surface area contributed by atoms with Crippen molar-refractivity contribution in [2.24, 2.45) is 5.92 Å². The number of carbonyl (C=O) groups is 4. The number of esters is 4. The Labute approximate surface area is 492 Å². The lowest BCUT2D eigenvalue weighted by atomic mass is 10.0. The number of rotatable bonds is 62. The first-order chi connectivity index (χ1) is 39.0. The smallest absolute Gasteiger partial charge is 0.462 e. The van der Waals surface area contributed by atoms with Crippen molar-refractivity contribution in [1.82, 2.24) is 0 Å². The third-order valence-corrected chi connectivity index (χ3v) is 16.2. The fourth-order valence-electron chi connectivity index (χ4n) is 9.23. The van der Waals surface area contributed by atoms with Gasteiger partial charge in [0.05, 0.1) is 26.4 Å². The first kappa shape index (κ1) is 79.1. The third-order valence-electron chi connectivity index (χ3n) is 14.3. The maximum atomic E-state index is 13.0. The van der Waals surface area contributed by atoms with Crippen molar-refractivity contribution in [3.8, 4) is 0 Å². The molecule has 19 heteroatoms. The largest absolute Gasteiger partial charge is 0.472 e. The first-order valence-electron chi connectivity index (χ1n) is 32.6. The highest BCUT2D eigenvalue weighted by Crippen LogP contribution is 2.45. The molecule has 0 rings (SSSR count). The van der Waals surface area contributed by atoms with Crippen molar-refractivity contribution in [2.75, 3.05) is 39.6 Å². The van der Waals surface area contributed by atoms with Crippen LogP contribution >= 0.6 is 15.6 Å². The van der Waals surface area contributed by atoms with E-state index in [1.165, 1.54) is 122 Å². The SMILES string of the molecule is CCCCCCCCCCCCCCCCCC(=O)O[C@H](COC(=O)CCCCCCCCCCCC)COP(=O)(O)OC[C@@H](O)COP(=O)(O)OC[C@@H](COC(=O)CCCCCCCCC)OC(=O)CCCCCCCCC(C)C. The number of carbonyl (C=O) groups excluding carboxylic acids is 4. The van der Waals surface area contributed by atoms with Crippen LogP contribution in [0.15, 0.2) is 0 Å². The number of aliphatic hydroxyl groups is 1. The van der Waals surface area contributed by atoms with E-state index >= 15 is 0 Å². The molecule has 81 heavy (non-hydrogen) atoms. The number of ether oxygens (including phenoxy) is 4. The van der Waals surface area contributed by atoms with E-state index in [0.29, 0.717) is 31.6 Å². The summed E-state index contributed by atoms with van der Waals surface area (Å²) in [5.74, 6) is -1.47. The van der Waals surface area contributed by atoms with Gasteiger partial charge in [0.15, 0.2) is 12.2 Å². The average Bonchev–Trinajstić information content (AvgIpc) is 3.43. The lowest BCUT2D eigenvalue weighted by Gasteiger charge is -2.21. The molecule has 0 fully saturated rings. The molecule has 0 aromatic rings. The van der Waals surface area contributed by atoms with Gasteiger partial charge in [-0.3, -0.25) is 37.3 Å². The number of hydrogen-bond acceptors (Lipinski definition) is 15. The maximum absolute atomic E-state index is 13.0. The first-order valence-corrected chi connectivity index (χ1v) is 35.6. The number of unbranched alkanes of at least 4 members (excludes halogenated alkanes) is 34. The molecule has 17 nitrogen and oxygen atoms in total. The van der Waals surface area contributed by atoms with Gasteiger partial charge in [-0.25, -0.2) is 9.13 Å².